The molecule has 1 fully saturated rings. The third-order valence-corrected chi connectivity index (χ3v) is 3.19. The van der Waals surface area contributed by atoms with Crippen LogP contribution < -0.4 is 5.73 Å². The molecular weight excluding hydrogens is 244 g/mol. The van der Waals surface area contributed by atoms with Gasteiger partial charge in [-0.3, -0.25) is 4.90 Å². The molecule has 19 heavy (non-hydrogen) atoms. The Morgan fingerprint density at radius 1 is 1.58 bits per heavy atom. The first-order chi connectivity index (χ1) is 9.19. The summed E-state index contributed by atoms with van der Waals surface area (Å²) in [5.74, 6) is -0.357. The van der Waals surface area contributed by atoms with Gasteiger partial charge in [0.05, 0.1) is 12.2 Å². The predicted octanol–water partition coefficient (Wildman–Crippen LogP) is 1.15. The monoisotopic (exact) mass is 264 g/mol. The maximum atomic E-state index is 11.8. The molecule has 1 saturated heterocycles. The van der Waals surface area contributed by atoms with E-state index in [1.807, 2.05) is 0 Å². The number of hydrogen-bond donors (Lipinski definition) is 1. The normalized spacial score (nSPS) is 20.2. The van der Waals surface area contributed by atoms with E-state index in [0.29, 0.717) is 17.9 Å². The van der Waals surface area contributed by atoms with Gasteiger partial charge in [0, 0.05) is 18.8 Å². The van der Waals surface area contributed by atoms with Crippen LogP contribution in [0.25, 0.3) is 0 Å². The van der Waals surface area contributed by atoms with Crippen LogP contribution in [0.2, 0.25) is 0 Å². The van der Waals surface area contributed by atoms with Crippen molar-refractivity contribution in [2.24, 2.45) is 0 Å². The average molecular weight is 264 g/mol. The van der Waals surface area contributed by atoms with Gasteiger partial charge in [0.25, 0.3) is 0 Å². The van der Waals surface area contributed by atoms with E-state index in [1.165, 1.54) is 0 Å². The van der Waals surface area contributed by atoms with Crippen LogP contribution in [0.3, 0.4) is 0 Å². The van der Waals surface area contributed by atoms with Crippen LogP contribution in [0.5, 0.6) is 0 Å². The van der Waals surface area contributed by atoms with Gasteiger partial charge in [0.1, 0.15) is 12.7 Å². The second-order valence-electron chi connectivity index (χ2n) is 4.61. The molecule has 5 heteroatoms. The maximum Gasteiger partial charge on any atom is 0.338 e. The lowest BCUT2D eigenvalue weighted by atomic mass is 10.2. The fourth-order valence-corrected chi connectivity index (χ4v) is 2.09. The first kappa shape index (κ1) is 13.8. The number of anilines is 1. The standard InChI is InChI=1S/C14H20N2O3/c1-2-16-6-7-18-13(9-16)10-19-14(17)11-4-3-5-12(15)8-11/h3-5,8,13H,2,6-7,9-10,15H2,1H3. The van der Waals surface area contributed by atoms with Gasteiger partial charge >= 0.3 is 5.97 Å². The number of rotatable bonds is 4. The molecule has 2 rings (SSSR count). The van der Waals surface area contributed by atoms with Crippen molar-refractivity contribution in [3.8, 4) is 0 Å². The molecule has 1 unspecified atom stereocenters. The molecule has 5 nitrogen and oxygen atoms in total. The molecule has 2 N–H and O–H groups in total. The molecule has 1 heterocycles. The molecule has 0 bridgehead atoms. The molecule has 1 aliphatic heterocycles. The van der Waals surface area contributed by atoms with Gasteiger partial charge < -0.3 is 15.2 Å². The second-order valence-corrected chi connectivity index (χ2v) is 4.61. The Morgan fingerprint density at radius 3 is 3.16 bits per heavy atom. The molecule has 1 aromatic rings. The number of esters is 1. The lowest BCUT2D eigenvalue weighted by Gasteiger charge is -2.31. The fraction of sp³-hybridized carbons (Fsp3) is 0.500. The first-order valence-corrected chi connectivity index (χ1v) is 6.55. The topological polar surface area (TPSA) is 64.8 Å². The van der Waals surface area contributed by atoms with Gasteiger partial charge in [-0.2, -0.15) is 0 Å². The van der Waals surface area contributed by atoms with Crippen molar-refractivity contribution < 1.29 is 14.3 Å². The summed E-state index contributed by atoms with van der Waals surface area (Å²) in [6.07, 6.45) is -0.0429. The Kier molecular flexibility index (Phi) is 4.76. The Hall–Kier alpha value is -1.59. The Morgan fingerprint density at radius 2 is 2.42 bits per heavy atom. The summed E-state index contributed by atoms with van der Waals surface area (Å²) in [7, 11) is 0. The molecule has 0 spiro atoms. The number of benzene rings is 1. The fourth-order valence-electron chi connectivity index (χ4n) is 2.09. The van der Waals surface area contributed by atoms with E-state index in [9.17, 15) is 4.79 Å². The number of hydrogen-bond acceptors (Lipinski definition) is 5. The highest BCUT2D eigenvalue weighted by molar-refractivity contribution is 5.90. The number of nitrogen functional groups attached to an aromatic ring is 1. The van der Waals surface area contributed by atoms with E-state index in [4.69, 9.17) is 15.2 Å². The SMILES string of the molecule is CCN1CCOC(COC(=O)c2cccc(N)c2)C1. The molecule has 0 aliphatic carbocycles. The van der Waals surface area contributed by atoms with E-state index in [2.05, 4.69) is 11.8 Å². The highest BCUT2D eigenvalue weighted by atomic mass is 16.6. The minimum atomic E-state index is -0.357. The quantitative estimate of drug-likeness (QED) is 0.652. The van der Waals surface area contributed by atoms with Crippen LogP contribution >= 0.6 is 0 Å². The Balaban J connectivity index is 1.83. The predicted molar refractivity (Wildman–Crippen MR) is 73.0 cm³/mol. The van der Waals surface area contributed by atoms with Crippen molar-refractivity contribution in [3.63, 3.8) is 0 Å². The zero-order valence-corrected chi connectivity index (χ0v) is 11.2. The van der Waals surface area contributed by atoms with Crippen LogP contribution in [0.1, 0.15) is 17.3 Å². The molecule has 104 valence electrons. The van der Waals surface area contributed by atoms with Crippen molar-refractivity contribution in [3.05, 3.63) is 29.8 Å². The summed E-state index contributed by atoms with van der Waals surface area (Å²) >= 11 is 0. The number of ether oxygens (including phenoxy) is 2. The van der Waals surface area contributed by atoms with Gasteiger partial charge in [0.15, 0.2) is 0 Å². The van der Waals surface area contributed by atoms with Crippen molar-refractivity contribution in [1.82, 2.24) is 4.90 Å². The third-order valence-electron chi connectivity index (χ3n) is 3.19. The summed E-state index contributed by atoms with van der Waals surface area (Å²) < 4.78 is 10.8. The number of carbonyl (C=O) groups excluding carboxylic acids is 1. The summed E-state index contributed by atoms with van der Waals surface area (Å²) in [6.45, 7) is 5.82. The highest BCUT2D eigenvalue weighted by Crippen LogP contribution is 2.10. The van der Waals surface area contributed by atoms with E-state index >= 15 is 0 Å². The van der Waals surface area contributed by atoms with Gasteiger partial charge in [-0.25, -0.2) is 4.79 Å². The number of carbonyl (C=O) groups is 1. The van der Waals surface area contributed by atoms with Crippen molar-refractivity contribution >= 4 is 11.7 Å². The van der Waals surface area contributed by atoms with Gasteiger partial charge in [0.2, 0.25) is 0 Å². The third kappa shape index (κ3) is 3.94. The molecule has 0 radical (unpaired) electrons. The number of nitrogens with two attached hydrogens (primary N) is 1. The van der Waals surface area contributed by atoms with Crippen LogP contribution in [0, 0.1) is 0 Å². The molecule has 1 aromatic carbocycles. The van der Waals surface area contributed by atoms with Crippen LogP contribution in [-0.2, 0) is 9.47 Å². The van der Waals surface area contributed by atoms with Crippen LogP contribution in [-0.4, -0.2) is 49.8 Å². The van der Waals surface area contributed by atoms with Gasteiger partial charge in [-0.1, -0.05) is 13.0 Å². The van der Waals surface area contributed by atoms with Gasteiger partial charge in [-0.05, 0) is 24.7 Å². The summed E-state index contributed by atoms with van der Waals surface area (Å²) in [6, 6.07) is 6.78. The molecular formula is C14H20N2O3. The number of nitrogens with zero attached hydrogens (tertiary/aromatic N) is 1. The summed E-state index contributed by atoms with van der Waals surface area (Å²) in [5.41, 5.74) is 6.66. The van der Waals surface area contributed by atoms with Gasteiger partial charge in [-0.15, -0.1) is 0 Å². The van der Waals surface area contributed by atoms with E-state index < -0.39 is 0 Å². The lowest BCUT2D eigenvalue weighted by molar-refractivity contribution is -0.0578. The van der Waals surface area contributed by atoms with Crippen molar-refractivity contribution in [2.75, 3.05) is 38.6 Å². The number of likely N-dealkylation sites (N-methyl/N-ethyl adjacent to an activating group) is 1. The average Bonchev–Trinajstić information content (AvgIpc) is 2.45. The zero-order chi connectivity index (χ0) is 13.7. The van der Waals surface area contributed by atoms with E-state index in [1.54, 1.807) is 24.3 Å². The lowest BCUT2D eigenvalue weighted by Crippen LogP contribution is -2.44. The smallest absolute Gasteiger partial charge is 0.338 e. The second kappa shape index (κ2) is 6.54. The molecule has 0 saturated carbocycles. The summed E-state index contributed by atoms with van der Waals surface area (Å²) in [5, 5.41) is 0. The first-order valence-electron chi connectivity index (χ1n) is 6.55. The van der Waals surface area contributed by atoms with Crippen LogP contribution in [0.4, 0.5) is 5.69 Å². The van der Waals surface area contributed by atoms with E-state index in [-0.39, 0.29) is 18.7 Å². The highest BCUT2D eigenvalue weighted by Gasteiger charge is 2.21. The molecule has 0 aromatic heterocycles. The molecule has 0 amide bonds. The van der Waals surface area contributed by atoms with Crippen LogP contribution in [0.15, 0.2) is 24.3 Å². The van der Waals surface area contributed by atoms with E-state index in [0.717, 1.165) is 19.6 Å². The largest absolute Gasteiger partial charge is 0.459 e. The van der Waals surface area contributed by atoms with Crippen molar-refractivity contribution in [2.45, 2.75) is 13.0 Å². The maximum absolute atomic E-state index is 11.8. The van der Waals surface area contributed by atoms with Crippen molar-refractivity contribution in [1.29, 1.82) is 0 Å². The Labute approximate surface area is 113 Å². The Bertz CT molecular complexity index is 436. The summed E-state index contributed by atoms with van der Waals surface area (Å²) in [4.78, 5) is 14.1. The zero-order valence-electron chi connectivity index (χ0n) is 11.2. The molecule has 1 atom stereocenters. The molecule has 1 aliphatic rings. The number of morpholine rings is 1. The minimum absolute atomic E-state index is 0.0429. The minimum Gasteiger partial charge on any atom is -0.459 e.